The smallest absolute Gasteiger partial charge is 0.255 e. The second-order valence-corrected chi connectivity index (χ2v) is 6.45. The Bertz CT molecular complexity index is 687. The van der Waals surface area contributed by atoms with E-state index in [1.165, 1.54) is 11.3 Å². The largest absolute Gasteiger partial charge is 0.387 e. The average Bonchev–Trinajstić information content (AvgIpc) is 3.26. The number of likely N-dealkylation sites (tertiary alicyclic amines) is 1. The highest BCUT2D eigenvalue weighted by Crippen LogP contribution is 2.30. The van der Waals surface area contributed by atoms with E-state index in [1.807, 2.05) is 28.5 Å². The van der Waals surface area contributed by atoms with Crippen LogP contribution in [0.1, 0.15) is 46.3 Å². The number of nitriles is 1. The maximum atomic E-state index is 12.6. The maximum Gasteiger partial charge on any atom is 0.255 e. The van der Waals surface area contributed by atoms with Gasteiger partial charge in [-0.05, 0) is 36.8 Å². The fourth-order valence-corrected chi connectivity index (χ4v) is 3.68. The summed E-state index contributed by atoms with van der Waals surface area (Å²) in [5.41, 5.74) is 0.895. The first-order chi connectivity index (χ1) is 10.7. The second kappa shape index (κ2) is 6.34. The minimum Gasteiger partial charge on any atom is -0.387 e. The number of rotatable bonds is 4. The molecule has 5 nitrogen and oxygen atoms in total. The lowest BCUT2D eigenvalue weighted by Gasteiger charge is -2.26. The Morgan fingerprint density at radius 1 is 1.64 bits per heavy atom. The molecule has 2 aromatic rings. The first kappa shape index (κ1) is 14.8. The van der Waals surface area contributed by atoms with E-state index in [-0.39, 0.29) is 11.9 Å². The Hall–Kier alpha value is -2.10. The standard InChI is InChI=1S/C16H17N3O2S/c17-9-12-7-11(10-18-12)16(21)19-5-1-3-13(19)8-14(20)15-4-2-6-22-15/h2,4,6-7,10,13-14,18,20H,1,3,5,8H2. The molecule has 1 fully saturated rings. The lowest BCUT2D eigenvalue weighted by molar-refractivity contribution is 0.0670. The Morgan fingerprint density at radius 3 is 3.18 bits per heavy atom. The third-order valence-corrected chi connectivity index (χ3v) is 5.03. The summed E-state index contributed by atoms with van der Waals surface area (Å²) < 4.78 is 0. The van der Waals surface area contributed by atoms with Crippen LogP contribution in [0.2, 0.25) is 0 Å². The Balaban J connectivity index is 1.70. The molecule has 0 bridgehead atoms. The van der Waals surface area contributed by atoms with Crippen LogP contribution in [0.5, 0.6) is 0 Å². The van der Waals surface area contributed by atoms with E-state index in [0.29, 0.717) is 24.2 Å². The molecule has 3 heterocycles. The number of aliphatic hydroxyl groups is 1. The van der Waals surface area contributed by atoms with E-state index in [9.17, 15) is 9.90 Å². The normalized spacial score (nSPS) is 19.1. The van der Waals surface area contributed by atoms with Gasteiger partial charge in [-0.2, -0.15) is 5.26 Å². The van der Waals surface area contributed by atoms with Crippen molar-refractivity contribution in [2.45, 2.75) is 31.4 Å². The van der Waals surface area contributed by atoms with Crippen LogP contribution in [0, 0.1) is 11.3 Å². The molecular formula is C16H17N3O2S. The summed E-state index contributed by atoms with van der Waals surface area (Å²) in [6.45, 7) is 0.702. The molecule has 6 heteroatoms. The van der Waals surface area contributed by atoms with Crippen molar-refractivity contribution in [3.8, 4) is 6.07 Å². The average molecular weight is 315 g/mol. The zero-order valence-electron chi connectivity index (χ0n) is 12.0. The molecular weight excluding hydrogens is 298 g/mol. The van der Waals surface area contributed by atoms with Crippen molar-refractivity contribution < 1.29 is 9.90 Å². The lowest BCUT2D eigenvalue weighted by atomic mass is 10.1. The van der Waals surface area contributed by atoms with Gasteiger partial charge < -0.3 is 15.0 Å². The highest BCUT2D eigenvalue weighted by molar-refractivity contribution is 7.10. The van der Waals surface area contributed by atoms with Crippen molar-refractivity contribution in [2.75, 3.05) is 6.54 Å². The number of thiophene rings is 1. The molecule has 2 atom stereocenters. The molecule has 1 aliphatic heterocycles. The number of aromatic amines is 1. The predicted molar refractivity (Wildman–Crippen MR) is 83.5 cm³/mol. The summed E-state index contributed by atoms with van der Waals surface area (Å²) >= 11 is 1.53. The summed E-state index contributed by atoms with van der Waals surface area (Å²) in [5, 5.41) is 21.1. The summed E-state index contributed by atoms with van der Waals surface area (Å²) in [4.78, 5) is 18.1. The van der Waals surface area contributed by atoms with Crippen molar-refractivity contribution >= 4 is 17.2 Å². The van der Waals surface area contributed by atoms with Gasteiger partial charge in [-0.25, -0.2) is 0 Å². The molecule has 22 heavy (non-hydrogen) atoms. The zero-order chi connectivity index (χ0) is 15.5. The van der Waals surface area contributed by atoms with Crippen molar-refractivity contribution in [3.63, 3.8) is 0 Å². The van der Waals surface area contributed by atoms with Crippen molar-refractivity contribution in [3.05, 3.63) is 45.9 Å². The molecule has 3 rings (SSSR count). The van der Waals surface area contributed by atoms with Crippen molar-refractivity contribution in [1.82, 2.24) is 9.88 Å². The number of nitrogens with zero attached hydrogens (tertiary/aromatic N) is 2. The summed E-state index contributed by atoms with van der Waals surface area (Å²) in [5.74, 6) is -0.0707. The van der Waals surface area contributed by atoms with Crippen LogP contribution in [0.4, 0.5) is 0 Å². The molecule has 0 radical (unpaired) electrons. The van der Waals surface area contributed by atoms with E-state index in [1.54, 1.807) is 12.3 Å². The number of H-pyrrole nitrogens is 1. The Labute approximate surface area is 132 Å². The zero-order valence-corrected chi connectivity index (χ0v) is 12.8. The predicted octanol–water partition coefficient (Wildman–Crippen LogP) is 2.68. The van der Waals surface area contributed by atoms with E-state index < -0.39 is 6.10 Å². The number of amides is 1. The van der Waals surface area contributed by atoms with Gasteiger partial charge in [0.25, 0.3) is 5.91 Å². The van der Waals surface area contributed by atoms with Gasteiger partial charge in [-0.3, -0.25) is 4.79 Å². The molecule has 0 aliphatic carbocycles. The molecule has 1 amide bonds. The minimum atomic E-state index is -0.528. The van der Waals surface area contributed by atoms with E-state index in [2.05, 4.69) is 4.98 Å². The lowest BCUT2D eigenvalue weighted by Crippen LogP contribution is -2.36. The van der Waals surface area contributed by atoms with Gasteiger partial charge >= 0.3 is 0 Å². The quantitative estimate of drug-likeness (QED) is 0.910. The number of carbonyl (C=O) groups excluding carboxylic acids is 1. The van der Waals surface area contributed by atoms with Crippen molar-refractivity contribution in [2.24, 2.45) is 0 Å². The minimum absolute atomic E-state index is 0.0463. The Kier molecular flexibility index (Phi) is 4.27. The highest BCUT2D eigenvalue weighted by atomic mass is 32.1. The van der Waals surface area contributed by atoms with Crippen LogP contribution in [0.3, 0.4) is 0 Å². The molecule has 1 saturated heterocycles. The molecule has 114 valence electrons. The molecule has 0 spiro atoms. The summed E-state index contributed by atoms with van der Waals surface area (Å²) in [7, 11) is 0. The molecule has 0 aromatic carbocycles. The molecule has 2 aromatic heterocycles. The third-order valence-electron chi connectivity index (χ3n) is 4.06. The van der Waals surface area contributed by atoms with Gasteiger partial charge in [-0.1, -0.05) is 6.07 Å². The van der Waals surface area contributed by atoms with Crippen LogP contribution in [0.25, 0.3) is 0 Å². The fraction of sp³-hybridized carbons (Fsp3) is 0.375. The number of hydrogen-bond acceptors (Lipinski definition) is 4. The topological polar surface area (TPSA) is 80.1 Å². The van der Waals surface area contributed by atoms with Gasteiger partial charge in [0, 0.05) is 23.7 Å². The molecule has 1 aliphatic rings. The summed E-state index contributed by atoms with van der Waals surface area (Å²) in [6, 6.07) is 7.45. The van der Waals surface area contributed by atoms with Crippen LogP contribution in [-0.4, -0.2) is 33.5 Å². The van der Waals surface area contributed by atoms with Gasteiger partial charge in [-0.15, -0.1) is 11.3 Å². The number of aliphatic hydroxyl groups excluding tert-OH is 1. The van der Waals surface area contributed by atoms with Crippen LogP contribution >= 0.6 is 11.3 Å². The van der Waals surface area contributed by atoms with E-state index in [0.717, 1.165) is 17.7 Å². The number of nitrogens with one attached hydrogen (secondary N) is 1. The van der Waals surface area contributed by atoms with Crippen LogP contribution < -0.4 is 0 Å². The number of aromatic nitrogens is 1. The number of carbonyl (C=O) groups is 1. The SMILES string of the molecule is N#Cc1cc(C(=O)N2CCCC2CC(O)c2cccs2)c[nH]1. The van der Waals surface area contributed by atoms with Crippen LogP contribution in [-0.2, 0) is 0 Å². The fourth-order valence-electron chi connectivity index (χ4n) is 2.95. The first-order valence-electron chi connectivity index (χ1n) is 7.30. The molecule has 0 saturated carbocycles. The van der Waals surface area contributed by atoms with Crippen LogP contribution in [0.15, 0.2) is 29.8 Å². The first-order valence-corrected chi connectivity index (χ1v) is 8.18. The molecule has 2 N–H and O–H groups in total. The monoisotopic (exact) mass is 315 g/mol. The maximum absolute atomic E-state index is 12.6. The van der Waals surface area contributed by atoms with Gasteiger partial charge in [0.15, 0.2) is 0 Å². The number of hydrogen-bond donors (Lipinski definition) is 2. The summed E-state index contributed by atoms with van der Waals surface area (Å²) in [6.07, 6.45) is 3.46. The van der Waals surface area contributed by atoms with E-state index in [4.69, 9.17) is 5.26 Å². The Morgan fingerprint density at radius 2 is 2.50 bits per heavy atom. The van der Waals surface area contributed by atoms with E-state index >= 15 is 0 Å². The van der Waals surface area contributed by atoms with Gasteiger partial charge in [0.05, 0.1) is 11.7 Å². The third kappa shape index (κ3) is 2.91. The van der Waals surface area contributed by atoms with Crippen molar-refractivity contribution in [1.29, 1.82) is 5.26 Å². The second-order valence-electron chi connectivity index (χ2n) is 5.48. The molecule has 2 unspecified atom stereocenters. The highest BCUT2D eigenvalue weighted by Gasteiger charge is 2.31. The van der Waals surface area contributed by atoms with Gasteiger partial charge in [0.2, 0.25) is 0 Å². The van der Waals surface area contributed by atoms with Gasteiger partial charge in [0.1, 0.15) is 11.8 Å².